The molecule has 1 unspecified atom stereocenters. The molecule has 0 radical (unpaired) electrons. The van der Waals surface area contributed by atoms with E-state index in [9.17, 15) is 8.78 Å². The molecule has 1 rings (SSSR count). The molecule has 0 saturated heterocycles. The van der Waals surface area contributed by atoms with Crippen LogP contribution in [-0.2, 0) is 0 Å². The summed E-state index contributed by atoms with van der Waals surface area (Å²) in [6.45, 7) is 2.29. The number of alkyl halides is 2. The normalized spacial score (nSPS) is 12.9. The number of hydrogen-bond acceptors (Lipinski definition) is 2. The maximum atomic E-state index is 12.5. The van der Waals surface area contributed by atoms with Crippen LogP contribution in [0.5, 0.6) is 5.75 Å². The second-order valence-corrected chi connectivity index (χ2v) is 3.44. The van der Waals surface area contributed by atoms with Crippen LogP contribution in [0, 0.1) is 0 Å². The highest BCUT2D eigenvalue weighted by Crippen LogP contribution is 2.30. The van der Waals surface area contributed by atoms with E-state index in [-0.39, 0.29) is 11.5 Å². The maximum absolute atomic E-state index is 12.5. The molecule has 2 nitrogen and oxygen atoms in total. The molecule has 0 aliphatic carbocycles. The van der Waals surface area contributed by atoms with Crippen LogP contribution in [0.2, 0.25) is 0 Å². The van der Waals surface area contributed by atoms with Crippen LogP contribution in [-0.4, -0.2) is 13.7 Å². The van der Waals surface area contributed by atoms with Crippen molar-refractivity contribution in [1.29, 1.82) is 0 Å². The van der Waals surface area contributed by atoms with Gasteiger partial charge in [-0.15, -0.1) is 0 Å². The Morgan fingerprint density at radius 1 is 1.40 bits per heavy atom. The van der Waals surface area contributed by atoms with E-state index in [4.69, 9.17) is 10.5 Å². The SMILES string of the molecule is COc1ccc(C(F)F)cc1C(C)CN. The van der Waals surface area contributed by atoms with E-state index >= 15 is 0 Å². The van der Waals surface area contributed by atoms with E-state index in [1.807, 2.05) is 6.92 Å². The smallest absolute Gasteiger partial charge is 0.263 e. The highest BCUT2D eigenvalue weighted by molar-refractivity contribution is 5.40. The van der Waals surface area contributed by atoms with Crippen molar-refractivity contribution in [3.8, 4) is 5.75 Å². The summed E-state index contributed by atoms with van der Waals surface area (Å²) in [6, 6.07) is 4.39. The first-order chi connectivity index (χ1) is 7.10. The van der Waals surface area contributed by atoms with Crippen molar-refractivity contribution < 1.29 is 13.5 Å². The average Bonchev–Trinajstić information content (AvgIpc) is 2.27. The van der Waals surface area contributed by atoms with E-state index in [1.54, 1.807) is 6.07 Å². The molecule has 15 heavy (non-hydrogen) atoms. The van der Waals surface area contributed by atoms with Crippen molar-refractivity contribution in [2.45, 2.75) is 19.3 Å². The zero-order valence-corrected chi connectivity index (χ0v) is 8.84. The maximum Gasteiger partial charge on any atom is 0.263 e. The Morgan fingerprint density at radius 2 is 2.07 bits per heavy atom. The first-order valence-electron chi connectivity index (χ1n) is 4.76. The van der Waals surface area contributed by atoms with Gasteiger partial charge in [0, 0.05) is 5.56 Å². The number of ether oxygens (including phenoxy) is 1. The minimum atomic E-state index is -2.46. The van der Waals surface area contributed by atoms with Gasteiger partial charge in [-0.1, -0.05) is 6.92 Å². The monoisotopic (exact) mass is 215 g/mol. The zero-order chi connectivity index (χ0) is 11.4. The van der Waals surface area contributed by atoms with Crippen LogP contribution < -0.4 is 10.5 Å². The molecule has 0 bridgehead atoms. The molecule has 0 amide bonds. The molecule has 1 aromatic carbocycles. The van der Waals surface area contributed by atoms with E-state index < -0.39 is 6.43 Å². The standard InChI is InChI=1S/C11H15F2NO/c1-7(6-14)9-5-8(11(12)13)3-4-10(9)15-2/h3-5,7,11H,6,14H2,1-2H3. The molecule has 0 fully saturated rings. The molecule has 1 atom stereocenters. The molecule has 1 aromatic rings. The summed E-state index contributed by atoms with van der Waals surface area (Å²) < 4.78 is 30.1. The van der Waals surface area contributed by atoms with Crippen molar-refractivity contribution >= 4 is 0 Å². The van der Waals surface area contributed by atoms with Gasteiger partial charge in [-0.3, -0.25) is 0 Å². The van der Waals surface area contributed by atoms with E-state index in [0.717, 1.165) is 5.56 Å². The fourth-order valence-electron chi connectivity index (χ4n) is 1.40. The third-order valence-electron chi connectivity index (χ3n) is 2.39. The number of halogens is 2. The van der Waals surface area contributed by atoms with Gasteiger partial charge < -0.3 is 10.5 Å². The average molecular weight is 215 g/mol. The first-order valence-corrected chi connectivity index (χ1v) is 4.76. The Bertz CT molecular complexity index is 328. The number of benzene rings is 1. The van der Waals surface area contributed by atoms with E-state index in [0.29, 0.717) is 12.3 Å². The zero-order valence-electron chi connectivity index (χ0n) is 8.84. The van der Waals surface area contributed by atoms with Crippen molar-refractivity contribution in [3.05, 3.63) is 29.3 Å². The van der Waals surface area contributed by atoms with Crippen molar-refractivity contribution in [2.75, 3.05) is 13.7 Å². The molecule has 0 heterocycles. The minimum absolute atomic E-state index is 0.00565. The number of hydrogen-bond donors (Lipinski definition) is 1. The summed E-state index contributed by atoms with van der Waals surface area (Å²) in [7, 11) is 1.52. The van der Waals surface area contributed by atoms with Gasteiger partial charge >= 0.3 is 0 Å². The molecule has 0 aromatic heterocycles. The van der Waals surface area contributed by atoms with Gasteiger partial charge in [0.15, 0.2) is 0 Å². The van der Waals surface area contributed by atoms with Gasteiger partial charge in [-0.2, -0.15) is 0 Å². The highest BCUT2D eigenvalue weighted by atomic mass is 19.3. The lowest BCUT2D eigenvalue weighted by Gasteiger charge is -2.15. The lowest BCUT2D eigenvalue weighted by molar-refractivity contribution is 0.151. The molecule has 0 aliphatic heterocycles. The summed E-state index contributed by atoms with van der Waals surface area (Å²) in [6.07, 6.45) is -2.46. The number of nitrogens with two attached hydrogens (primary N) is 1. The van der Waals surface area contributed by atoms with Crippen LogP contribution in [0.4, 0.5) is 8.78 Å². The lowest BCUT2D eigenvalue weighted by atomic mass is 9.98. The van der Waals surface area contributed by atoms with E-state index in [2.05, 4.69) is 0 Å². The fourth-order valence-corrected chi connectivity index (χ4v) is 1.40. The van der Waals surface area contributed by atoms with Crippen LogP contribution in [0.1, 0.15) is 30.4 Å². The first kappa shape index (κ1) is 11.9. The van der Waals surface area contributed by atoms with Crippen molar-refractivity contribution in [1.82, 2.24) is 0 Å². The fraction of sp³-hybridized carbons (Fsp3) is 0.455. The minimum Gasteiger partial charge on any atom is -0.496 e. The van der Waals surface area contributed by atoms with E-state index in [1.165, 1.54) is 19.2 Å². The summed E-state index contributed by atoms with van der Waals surface area (Å²) >= 11 is 0. The van der Waals surface area contributed by atoms with Crippen LogP contribution >= 0.6 is 0 Å². The van der Waals surface area contributed by atoms with Gasteiger partial charge in [0.1, 0.15) is 5.75 Å². The largest absolute Gasteiger partial charge is 0.496 e. The highest BCUT2D eigenvalue weighted by Gasteiger charge is 2.14. The van der Waals surface area contributed by atoms with Gasteiger partial charge in [-0.05, 0) is 36.2 Å². The summed E-state index contributed by atoms with van der Waals surface area (Å²) in [5.74, 6) is 0.621. The molecular formula is C11H15F2NO. The molecule has 4 heteroatoms. The van der Waals surface area contributed by atoms with Gasteiger partial charge in [0.05, 0.1) is 7.11 Å². The summed E-state index contributed by atoms with van der Waals surface area (Å²) in [5.41, 5.74) is 6.25. The molecular weight excluding hydrogens is 200 g/mol. The molecule has 84 valence electrons. The Labute approximate surface area is 88.0 Å². The topological polar surface area (TPSA) is 35.2 Å². The second-order valence-electron chi connectivity index (χ2n) is 3.44. The van der Waals surface area contributed by atoms with Crippen LogP contribution in [0.25, 0.3) is 0 Å². The van der Waals surface area contributed by atoms with Gasteiger partial charge in [-0.25, -0.2) is 8.78 Å². The number of methoxy groups -OCH3 is 1. The lowest BCUT2D eigenvalue weighted by Crippen LogP contribution is -2.10. The summed E-state index contributed by atoms with van der Waals surface area (Å²) in [5, 5.41) is 0. The third-order valence-corrected chi connectivity index (χ3v) is 2.39. The van der Waals surface area contributed by atoms with Crippen molar-refractivity contribution in [3.63, 3.8) is 0 Å². The van der Waals surface area contributed by atoms with Crippen LogP contribution in [0.15, 0.2) is 18.2 Å². The Kier molecular flexibility index (Phi) is 4.03. The predicted molar refractivity (Wildman–Crippen MR) is 55.4 cm³/mol. The third kappa shape index (κ3) is 2.65. The second kappa shape index (κ2) is 5.07. The molecule has 0 aliphatic rings. The Morgan fingerprint density at radius 3 is 2.53 bits per heavy atom. The van der Waals surface area contributed by atoms with Gasteiger partial charge in [0.25, 0.3) is 6.43 Å². The van der Waals surface area contributed by atoms with Crippen molar-refractivity contribution in [2.24, 2.45) is 5.73 Å². The quantitative estimate of drug-likeness (QED) is 0.838. The Hall–Kier alpha value is -1.16. The predicted octanol–water partition coefficient (Wildman–Crippen LogP) is 2.70. The molecule has 0 saturated carbocycles. The molecule has 0 spiro atoms. The summed E-state index contributed by atoms with van der Waals surface area (Å²) in [4.78, 5) is 0. The number of rotatable bonds is 4. The van der Waals surface area contributed by atoms with Crippen LogP contribution in [0.3, 0.4) is 0 Å². The molecule has 2 N–H and O–H groups in total. The Balaban J connectivity index is 3.13. The van der Waals surface area contributed by atoms with Gasteiger partial charge in [0.2, 0.25) is 0 Å².